The number of halogens is 3. The monoisotopic (exact) mass is 320 g/mol. The summed E-state index contributed by atoms with van der Waals surface area (Å²) in [5, 5.41) is 5.88. The van der Waals surface area contributed by atoms with Gasteiger partial charge in [-0.05, 0) is 13.0 Å². The third-order valence-electron chi connectivity index (χ3n) is 3.24. The third kappa shape index (κ3) is 5.22. The molecule has 1 unspecified atom stereocenters. The fourth-order valence-corrected chi connectivity index (χ4v) is 2.21. The van der Waals surface area contributed by atoms with Crippen LogP contribution in [0.4, 0.5) is 8.78 Å². The van der Waals surface area contributed by atoms with Crippen molar-refractivity contribution in [3.8, 4) is 0 Å². The zero-order valence-corrected chi connectivity index (χ0v) is 12.5. The van der Waals surface area contributed by atoms with Gasteiger partial charge in [0.1, 0.15) is 11.6 Å². The quantitative estimate of drug-likeness (QED) is 0.891. The van der Waals surface area contributed by atoms with E-state index in [0.717, 1.165) is 12.6 Å². The molecule has 118 valence electrons. The number of hydrogen-bond donors (Lipinski definition) is 2. The van der Waals surface area contributed by atoms with E-state index in [4.69, 9.17) is 4.74 Å². The molecule has 1 aliphatic rings. The van der Waals surface area contributed by atoms with Gasteiger partial charge in [0.25, 0.3) is 0 Å². The highest BCUT2D eigenvalue weighted by Crippen LogP contribution is 2.17. The Morgan fingerprint density at radius 3 is 2.90 bits per heavy atom. The van der Waals surface area contributed by atoms with E-state index < -0.39 is 17.7 Å². The van der Waals surface area contributed by atoms with Crippen molar-refractivity contribution >= 4 is 18.3 Å². The minimum absolute atomic E-state index is 0. The Morgan fingerprint density at radius 1 is 1.52 bits per heavy atom. The second kappa shape index (κ2) is 8.26. The van der Waals surface area contributed by atoms with Crippen molar-refractivity contribution in [2.45, 2.75) is 25.4 Å². The first-order valence-electron chi connectivity index (χ1n) is 6.61. The van der Waals surface area contributed by atoms with Crippen LogP contribution in [0.15, 0.2) is 18.2 Å². The summed E-state index contributed by atoms with van der Waals surface area (Å²) in [4.78, 5) is 11.9. The molecule has 1 saturated heterocycles. The van der Waals surface area contributed by atoms with E-state index in [0.29, 0.717) is 13.2 Å². The summed E-state index contributed by atoms with van der Waals surface area (Å²) in [6.07, 6.45) is 0.271. The molecule has 0 aliphatic carbocycles. The summed E-state index contributed by atoms with van der Waals surface area (Å²) in [5.74, 6) is -1.48. The Hall–Kier alpha value is -1.24. The van der Waals surface area contributed by atoms with E-state index in [1.807, 2.05) is 0 Å². The summed E-state index contributed by atoms with van der Waals surface area (Å²) in [6.45, 7) is 3.53. The molecule has 1 aromatic rings. The minimum Gasteiger partial charge on any atom is -0.378 e. The molecule has 1 heterocycles. The van der Waals surface area contributed by atoms with E-state index in [1.165, 1.54) is 12.1 Å². The number of ether oxygens (including phenoxy) is 1. The average Bonchev–Trinajstić information content (AvgIpc) is 2.39. The summed E-state index contributed by atoms with van der Waals surface area (Å²) in [6, 6.07) is 2.81. The number of benzene rings is 1. The molecule has 1 aliphatic heterocycles. The van der Waals surface area contributed by atoms with Gasteiger partial charge in [-0.1, -0.05) is 6.07 Å². The standard InChI is InChI=1S/C14H18F2N2O2.ClH/c1-9(12-3-2-10(15)6-13(12)16)18-14(19)7-11-8-20-5-4-17-11;/h2-3,6,9,11,17H,4-5,7-8H2,1H3,(H,18,19);1H/t9-,11?;/m1./s1. The molecule has 1 aromatic carbocycles. The summed E-state index contributed by atoms with van der Waals surface area (Å²) < 4.78 is 31.7. The molecule has 2 rings (SSSR count). The molecule has 0 radical (unpaired) electrons. The fourth-order valence-electron chi connectivity index (χ4n) is 2.21. The molecule has 1 amide bonds. The highest BCUT2D eigenvalue weighted by atomic mass is 35.5. The van der Waals surface area contributed by atoms with Crippen LogP contribution in [0, 0.1) is 11.6 Å². The molecule has 7 heteroatoms. The maximum absolute atomic E-state index is 13.6. The van der Waals surface area contributed by atoms with Crippen LogP contribution in [-0.4, -0.2) is 31.7 Å². The molecule has 1 fully saturated rings. The number of amides is 1. The zero-order valence-electron chi connectivity index (χ0n) is 11.7. The Morgan fingerprint density at radius 2 is 2.29 bits per heavy atom. The Kier molecular flexibility index (Phi) is 7.01. The fraction of sp³-hybridized carbons (Fsp3) is 0.500. The molecule has 2 N–H and O–H groups in total. The molecule has 21 heavy (non-hydrogen) atoms. The van der Waals surface area contributed by atoms with Crippen molar-refractivity contribution < 1.29 is 18.3 Å². The predicted octanol–water partition coefficient (Wildman–Crippen LogP) is 1.94. The zero-order chi connectivity index (χ0) is 14.5. The number of morpholine rings is 1. The highest BCUT2D eigenvalue weighted by Gasteiger charge is 2.19. The molecule has 0 spiro atoms. The number of carbonyl (C=O) groups excluding carboxylic acids is 1. The van der Waals surface area contributed by atoms with E-state index >= 15 is 0 Å². The van der Waals surface area contributed by atoms with Crippen LogP contribution >= 0.6 is 12.4 Å². The lowest BCUT2D eigenvalue weighted by Gasteiger charge is -2.24. The number of hydrogen-bond acceptors (Lipinski definition) is 3. The Labute approximate surface area is 128 Å². The topological polar surface area (TPSA) is 50.4 Å². The van der Waals surface area contributed by atoms with Gasteiger partial charge in [0, 0.05) is 30.6 Å². The van der Waals surface area contributed by atoms with Gasteiger partial charge in [-0.3, -0.25) is 4.79 Å². The average molecular weight is 321 g/mol. The lowest BCUT2D eigenvalue weighted by atomic mass is 10.1. The van der Waals surface area contributed by atoms with E-state index in [2.05, 4.69) is 10.6 Å². The van der Waals surface area contributed by atoms with Crippen LogP contribution in [0.3, 0.4) is 0 Å². The first-order valence-corrected chi connectivity index (χ1v) is 6.61. The molecular weight excluding hydrogens is 302 g/mol. The maximum atomic E-state index is 13.6. The van der Waals surface area contributed by atoms with Gasteiger partial charge in [0.2, 0.25) is 5.91 Å². The van der Waals surface area contributed by atoms with Crippen molar-refractivity contribution in [2.75, 3.05) is 19.8 Å². The smallest absolute Gasteiger partial charge is 0.222 e. The molecule has 0 saturated carbocycles. The second-order valence-corrected chi connectivity index (χ2v) is 4.89. The summed E-state index contributed by atoms with van der Waals surface area (Å²) >= 11 is 0. The first kappa shape index (κ1) is 17.8. The van der Waals surface area contributed by atoms with Crippen molar-refractivity contribution in [3.63, 3.8) is 0 Å². The number of nitrogens with one attached hydrogen (secondary N) is 2. The first-order chi connectivity index (χ1) is 9.56. The van der Waals surface area contributed by atoms with Gasteiger partial charge in [0.15, 0.2) is 0 Å². The lowest BCUT2D eigenvalue weighted by molar-refractivity contribution is -0.122. The van der Waals surface area contributed by atoms with Crippen LogP contribution in [-0.2, 0) is 9.53 Å². The van der Waals surface area contributed by atoms with Crippen LogP contribution in [0.25, 0.3) is 0 Å². The Bertz CT molecular complexity index is 482. The van der Waals surface area contributed by atoms with Crippen LogP contribution in [0.1, 0.15) is 24.9 Å². The van der Waals surface area contributed by atoms with Gasteiger partial charge in [-0.15, -0.1) is 12.4 Å². The summed E-state index contributed by atoms with van der Waals surface area (Å²) in [7, 11) is 0. The van der Waals surface area contributed by atoms with Gasteiger partial charge in [-0.2, -0.15) is 0 Å². The number of carbonyl (C=O) groups is 1. The van der Waals surface area contributed by atoms with Crippen molar-refractivity contribution in [2.24, 2.45) is 0 Å². The normalized spacial score (nSPS) is 19.5. The van der Waals surface area contributed by atoms with Gasteiger partial charge in [-0.25, -0.2) is 8.78 Å². The minimum atomic E-state index is -0.656. The highest BCUT2D eigenvalue weighted by molar-refractivity contribution is 5.85. The van der Waals surface area contributed by atoms with Crippen molar-refractivity contribution in [1.29, 1.82) is 0 Å². The summed E-state index contributed by atoms with van der Waals surface area (Å²) in [5.41, 5.74) is 0.271. The Balaban J connectivity index is 0.00000220. The SMILES string of the molecule is C[C@@H](NC(=O)CC1COCCN1)c1ccc(F)cc1F.Cl. The van der Waals surface area contributed by atoms with Gasteiger partial charge >= 0.3 is 0 Å². The van der Waals surface area contributed by atoms with E-state index in [1.54, 1.807) is 6.92 Å². The lowest BCUT2D eigenvalue weighted by Crippen LogP contribution is -2.44. The second-order valence-electron chi connectivity index (χ2n) is 4.89. The van der Waals surface area contributed by atoms with Crippen LogP contribution in [0.2, 0.25) is 0 Å². The van der Waals surface area contributed by atoms with Gasteiger partial charge < -0.3 is 15.4 Å². The van der Waals surface area contributed by atoms with Gasteiger partial charge in [0.05, 0.1) is 19.3 Å². The molecule has 2 atom stereocenters. The maximum Gasteiger partial charge on any atom is 0.222 e. The molecule has 4 nitrogen and oxygen atoms in total. The van der Waals surface area contributed by atoms with Crippen molar-refractivity contribution in [1.82, 2.24) is 10.6 Å². The predicted molar refractivity (Wildman–Crippen MR) is 77.4 cm³/mol. The molecular formula is C14H19ClF2N2O2. The van der Waals surface area contributed by atoms with Crippen LogP contribution < -0.4 is 10.6 Å². The van der Waals surface area contributed by atoms with Crippen LogP contribution in [0.5, 0.6) is 0 Å². The van der Waals surface area contributed by atoms with Crippen molar-refractivity contribution in [3.05, 3.63) is 35.4 Å². The number of rotatable bonds is 4. The van der Waals surface area contributed by atoms with E-state index in [9.17, 15) is 13.6 Å². The third-order valence-corrected chi connectivity index (χ3v) is 3.24. The van der Waals surface area contributed by atoms with E-state index in [-0.39, 0.29) is 36.3 Å². The molecule has 0 bridgehead atoms. The molecule has 0 aromatic heterocycles. The largest absolute Gasteiger partial charge is 0.378 e.